The Hall–Kier alpha value is -2.97. The Labute approximate surface area is 175 Å². The van der Waals surface area contributed by atoms with Gasteiger partial charge in [0.15, 0.2) is 23.0 Å². The van der Waals surface area contributed by atoms with E-state index in [1.54, 1.807) is 32.4 Å². The lowest BCUT2D eigenvalue weighted by Gasteiger charge is -2.32. The summed E-state index contributed by atoms with van der Waals surface area (Å²) < 4.78 is 27.1. The van der Waals surface area contributed by atoms with E-state index in [9.17, 15) is 4.79 Å². The summed E-state index contributed by atoms with van der Waals surface area (Å²) >= 11 is 0. The summed E-state index contributed by atoms with van der Waals surface area (Å²) in [6.07, 6.45) is 0. The van der Waals surface area contributed by atoms with Gasteiger partial charge in [-0.3, -0.25) is 4.79 Å². The van der Waals surface area contributed by atoms with E-state index < -0.39 is 0 Å². The summed E-state index contributed by atoms with van der Waals surface area (Å²) in [6, 6.07) is 11.2. The Balaban J connectivity index is 1.51. The highest BCUT2D eigenvalue weighted by Gasteiger charge is 2.29. The predicted octanol–water partition coefficient (Wildman–Crippen LogP) is 0.819. The molecular weight excluding hydrogens is 388 g/mol. The van der Waals surface area contributed by atoms with Gasteiger partial charge in [-0.05, 0) is 36.4 Å². The van der Waals surface area contributed by atoms with Crippen molar-refractivity contribution in [1.82, 2.24) is 5.32 Å². The smallest absolute Gasteiger partial charge is 0.251 e. The summed E-state index contributed by atoms with van der Waals surface area (Å²) in [7, 11) is 3.12. The highest BCUT2D eigenvalue weighted by Crippen LogP contribution is 2.34. The molecule has 0 aliphatic carbocycles. The molecule has 0 saturated carbocycles. The topological polar surface area (TPSA) is 79.7 Å². The second-order valence-corrected chi connectivity index (χ2v) is 7.22. The van der Waals surface area contributed by atoms with Gasteiger partial charge in [-0.2, -0.15) is 0 Å². The molecule has 0 bridgehead atoms. The van der Waals surface area contributed by atoms with E-state index in [1.807, 2.05) is 18.2 Å². The predicted molar refractivity (Wildman–Crippen MR) is 109 cm³/mol. The molecule has 2 aliphatic heterocycles. The van der Waals surface area contributed by atoms with Crippen LogP contribution < -0.4 is 29.2 Å². The fourth-order valence-corrected chi connectivity index (χ4v) is 3.88. The molecule has 1 amide bonds. The molecule has 0 unspecified atom stereocenters. The average molecular weight is 415 g/mol. The minimum Gasteiger partial charge on any atom is -0.493 e. The van der Waals surface area contributed by atoms with E-state index >= 15 is 0 Å². The molecular formula is C22H27N2O6+. The minimum atomic E-state index is -0.158. The number of nitrogens with one attached hydrogen (secondary N) is 2. The van der Waals surface area contributed by atoms with Crippen LogP contribution in [0.5, 0.6) is 23.0 Å². The van der Waals surface area contributed by atoms with Gasteiger partial charge in [0, 0.05) is 11.1 Å². The van der Waals surface area contributed by atoms with Crippen LogP contribution in [-0.2, 0) is 4.74 Å². The number of ether oxygens (including phenoxy) is 5. The number of quaternary nitrogens is 1. The van der Waals surface area contributed by atoms with Crippen LogP contribution in [0.4, 0.5) is 0 Å². The fourth-order valence-electron chi connectivity index (χ4n) is 3.88. The minimum absolute atomic E-state index is 0.0764. The highest BCUT2D eigenvalue weighted by molar-refractivity contribution is 5.94. The van der Waals surface area contributed by atoms with Gasteiger partial charge in [0.25, 0.3) is 5.91 Å². The van der Waals surface area contributed by atoms with Crippen molar-refractivity contribution in [1.29, 1.82) is 0 Å². The van der Waals surface area contributed by atoms with Gasteiger partial charge in [-0.15, -0.1) is 0 Å². The van der Waals surface area contributed by atoms with E-state index in [0.29, 0.717) is 36.8 Å². The monoisotopic (exact) mass is 415 g/mol. The maximum atomic E-state index is 12.8. The summed E-state index contributed by atoms with van der Waals surface area (Å²) in [5, 5.41) is 3.08. The summed E-state index contributed by atoms with van der Waals surface area (Å²) in [6.45, 7) is 3.91. The molecule has 1 atom stereocenters. The van der Waals surface area contributed by atoms with Crippen molar-refractivity contribution in [3.63, 3.8) is 0 Å². The van der Waals surface area contributed by atoms with Crippen LogP contribution in [-0.4, -0.2) is 59.8 Å². The lowest BCUT2D eigenvalue weighted by molar-refractivity contribution is -0.937. The van der Waals surface area contributed by atoms with Crippen molar-refractivity contribution in [2.45, 2.75) is 6.04 Å². The number of carbonyl (C=O) groups is 1. The Morgan fingerprint density at radius 1 is 1.03 bits per heavy atom. The van der Waals surface area contributed by atoms with Crippen LogP contribution in [0.25, 0.3) is 0 Å². The zero-order valence-electron chi connectivity index (χ0n) is 17.2. The number of methoxy groups -OCH3 is 2. The van der Waals surface area contributed by atoms with Crippen molar-refractivity contribution < 1.29 is 33.4 Å². The van der Waals surface area contributed by atoms with E-state index in [1.165, 1.54) is 4.90 Å². The van der Waals surface area contributed by atoms with Crippen molar-refractivity contribution >= 4 is 5.91 Å². The molecule has 2 aromatic carbocycles. The van der Waals surface area contributed by atoms with Crippen LogP contribution in [0.1, 0.15) is 22.0 Å². The number of benzene rings is 2. The molecule has 2 aromatic rings. The molecule has 2 aliphatic rings. The van der Waals surface area contributed by atoms with Crippen molar-refractivity contribution in [2.75, 3.05) is 53.9 Å². The van der Waals surface area contributed by atoms with Gasteiger partial charge in [-0.1, -0.05) is 0 Å². The number of fused-ring (bicyclic) bond motifs is 1. The second-order valence-electron chi connectivity index (χ2n) is 7.22. The van der Waals surface area contributed by atoms with Crippen molar-refractivity contribution in [2.24, 2.45) is 0 Å². The third-order valence-electron chi connectivity index (χ3n) is 5.54. The van der Waals surface area contributed by atoms with Crippen LogP contribution >= 0.6 is 0 Å². The third-order valence-corrected chi connectivity index (χ3v) is 5.54. The quantitative estimate of drug-likeness (QED) is 0.697. The molecule has 0 radical (unpaired) electrons. The van der Waals surface area contributed by atoms with E-state index in [0.717, 1.165) is 30.2 Å². The van der Waals surface area contributed by atoms with Gasteiger partial charge >= 0.3 is 0 Å². The first kappa shape index (κ1) is 20.3. The first-order valence-electron chi connectivity index (χ1n) is 10.0. The Morgan fingerprint density at radius 3 is 2.57 bits per heavy atom. The number of carbonyl (C=O) groups excluding carboxylic acids is 1. The van der Waals surface area contributed by atoms with Gasteiger partial charge in [0.2, 0.25) is 6.79 Å². The maximum Gasteiger partial charge on any atom is 0.251 e. The molecule has 8 nitrogen and oxygen atoms in total. The zero-order valence-corrected chi connectivity index (χ0v) is 17.2. The van der Waals surface area contributed by atoms with Crippen LogP contribution in [0.3, 0.4) is 0 Å². The molecule has 0 aromatic heterocycles. The maximum absolute atomic E-state index is 12.8. The number of hydrogen-bond acceptors (Lipinski definition) is 6. The van der Waals surface area contributed by atoms with Crippen LogP contribution in [0, 0.1) is 0 Å². The molecule has 2 N–H and O–H groups in total. The first-order valence-corrected chi connectivity index (χ1v) is 10.0. The normalized spacial score (nSPS) is 16.7. The first-order chi connectivity index (χ1) is 14.7. The average Bonchev–Trinajstić information content (AvgIpc) is 3.27. The number of hydrogen-bond donors (Lipinski definition) is 2. The van der Waals surface area contributed by atoms with Crippen LogP contribution in [0.15, 0.2) is 36.4 Å². The fraction of sp³-hybridized carbons (Fsp3) is 0.409. The summed E-state index contributed by atoms with van der Waals surface area (Å²) in [5.41, 5.74) is 1.62. The van der Waals surface area contributed by atoms with Gasteiger partial charge in [0.1, 0.15) is 19.1 Å². The second kappa shape index (κ2) is 9.23. The zero-order chi connectivity index (χ0) is 20.9. The largest absolute Gasteiger partial charge is 0.493 e. The Bertz CT molecular complexity index is 897. The Morgan fingerprint density at radius 2 is 1.80 bits per heavy atom. The Kier molecular flexibility index (Phi) is 6.25. The van der Waals surface area contributed by atoms with E-state index in [-0.39, 0.29) is 18.7 Å². The lowest BCUT2D eigenvalue weighted by atomic mass is 10.0. The van der Waals surface area contributed by atoms with Gasteiger partial charge in [0.05, 0.1) is 34.0 Å². The summed E-state index contributed by atoms with van der Waals surface area (Å²) in [5.74, 6) is 2.45. The molecule has 160 valence electrons. The summed E-state index contributed by atoms with van der Waals surface area (Å²) in [4.78, 5) is 14.2. The number of amides is 1. The van der Waals surface area contributed by atoms with Crippen LogP contribution in [0.2, 0.25) is 0 Å². The SMILES string of the molecule is COc1ccc(C(=O)NC[C@H](c2ccc3c(c2)OCO3)[NH+]2CCOCC2)cc1OC. The van der Waals surface area contributed by atoms with E-state index in [4.69, 9.17) is 23.7 Å². The molecule has 2 heterocycles. The van der Waals surface area contributed by atoms with E-state index in [2.05, 4.69) is 5.32 Å². The highest BCUT2D eigenvalue weighted by atomic mass is 16.7. The van der Waals surface area contributed by atoms with Gasteiger partial charge < -0.3 is 33.9 Å². The lowest BCUT2D eigenvalue weighted by Crippen LogP contribution is -3.15. The standard InChI is InChI=1S/C22H26N2O6/c1-26-18-5-4-16(12-20(18)27-2)22(25)23-13-17(24-7-9-28-10-8-24)15-3-6-19-21(11-15)30-14-29-19/h3-6,11-12,17H,7-10,13-14H2,1-2H3,(H,23,25)/p+1/t17-/m1/s1. The van der Waals surface area contributed by atoms with Crippen molar-refractivity contribution in [3.05, 3.63) is 47.5 Å². The molecule has 1 saturated heterocycles. The van der Waals surface area contributed by atoms with Gasteiger partial charge in [-0.25, -0.2) is 0 Å². The molecule has 4 rings (SSSR count). The molecule has 1 fully saturated rings. The number of rotatable bonds is 7. The third kappa shape index (κ3) is 4.29. The molecule has 0 spiro atoms. The number of morpholine rings is 1. The van der Waals surface area contributed by atoms with Crippen molar-refractivity contribution in [3.8, 4) is 23.0 Å². The molecule has 8 heteroatoms. The molecule has 30 heavy (non-hydrogen) atoms.